The third-order valence-electron chi connectivity index (χ3n) is 4.98. The highest BCUT2D eigenvalue weighted by molar-refractivity contribution is 6.30. The summed E-state index contributed by atoms with van der Waals surface area (Å²) in [5.41, 5.74) is 2.26. The number of benzene rings is 2. The molecule has 3 rings (SSSR count). The van der Waals surface area contributed by atoms with Crippen LogP contribution < -0.4 is 5.32 Å². The third kappa shape index (κ3) is 5.80. The summed E-state index contributed by atoms with van der Waals surface area (Å²) in [5, 5.41) is 22.4. The van der Waals surface area contributed by atoms with Crippen LogP contribution in [0.3, 0.4) is 0 Å². The highest BCUT2D eigenvalue weighted by atomic mass is 35.5. The summed E-state index contributed by atoms with van der Waals surface area (Å²) < 4.78 is 0. The number of aliphatic hydroxyl groups excluding tert-OH is 1. The van der Waals surface area contributed by atoms with Gasteiger partial charge in [-0.05, 0) is 41.8 Å². The maximum Gasteiger partial charge on any atom is 0.227 e. The van der Waals surface area contributed by atoms with Crippen LogP contribution in [0.4, 0.5) is 0 Å². The molecule has 0 saturated carbocycles. The van der Waals surface area contributed by atoms with Crippen molar-refractivity contribution in [3.05, 3.63) is 70.2 Å². The number of halogens is 1. The second-order valence-electron chi connectivity index (χ2n) is 7.18. The lowest BCUT2D eigenvalue weighted by atomic mass is 10.1. The number of β-amino-alcohol motifs (C(OH)–C–C–N with tert-alkyl or cyclic N) is 1. The number of nitrogens with one attached hydrogen (secondary N) is 1. The van der Waals surface area contributed by atoms with Gasteiger partial charge in [-0.3, -0.25) is 9.59 Å². The minimum absolute atomic E-state index is 0.137. The van der Waals surface area contributed by atoms with E-state index in [-0.39, 0.29) is 37.2 Å². The molecule has 0 aromatic heterocycles. The van der Waals surface area contributed by atoms with Crippen LogP contribution in [-0.4, -0.2) is 40.5 Å². The Balaban J connectivity index is 1.55. The molecule has 1 saturated heterocycles. The molecule has 7 heteroatoms. The van der Waals surface area contributed by atoms with Crippen LogP contribution in [0.25, 0.3) is 0 Å². The lowest BCUT2D eigenvalue weighted by molar-refractivity contribution is -0.132. The van der Waals surface area contributed by atoms with Crippen molar-refractivity contribution in [3.63, 3.8) is 0 Å². The van der Waals surface area contributed by atoms with Crippen LogP contribution in [-0.2, 0) is 22.6 Å². The zero-order valence-electron chi connectivity index (χ0n) is 15.8. The van der Waals surface area contributed by atoms with Gasteiger partial charge in [-0.2, -0.15) is 5.26 Å². The Bertz CT molecular complexity index is 906. The minimum Gasteiger partial charge on any atom is -0.391 e. The van der Waals surface area contributed by atoms with Crippen LogP contribution >= 0.6 is 11.6 Å². The fraction of sp³-hybridized carbons (Fsp3) is 0.318. The quantitative estimate of drug-likeness (QED) is 0.763. The zero-order valence-corrected chi connectivity index (χ0v) is 16.6. The van der Waals surface area contributed by atoms with E-state index >= 15 is 0 Å². The van der Waals surface area contributed by atoms with E-state index in [4.69, 9.17) is 16.9 Å². The van der Waals surface area contributed by atoms with Gasteiger partial charge in [-0.25, -0.2) is 0 Å². The standard InChI is InChI=1S/C22H22ClN3O3/c23-18-7-5-17(6-8-18)13-25-21(28)11-19-10-20(27)14-26(19)22(29)9-15-1-3-16(12-24)4-2-15/h1-8,19-20,27H,9-11,13-14H2,(H,25,28)/t19-,20+/m0/s1. The molecule has 1 heterocycles. The third-order valence-corrected chi connectivity index (χ3v) is 5.23. The van der Waals surface area contributed by atoms with Gasteiger partial charge in [0.2, 0.25) is 11.8 Å². The number of amides is 2. The Morgan fingerprint density at radius 1 is 1.14 bits per heavy atom. The maximum absolute atomic E-state index is 12.7. The van der Waals surface area contributed by atoms with Gasteiger partial charge < -0.3 is 15.3 Å². The predicted molar refractivity (Wildman–Crippen MR) is 109 cm³/mol. The second-order valence-corrected chi connectivity index (χ2v) is 7.62. The van der Waals surface area contributed by atoms with E-state index in [0.29, 0.717) is 23.6 Å². The molecule has 0 unspecified atom stereocenters. The van der Waals surface area contributed by atoms with Crippen molar-refractivity contribution in [3.8, 4) is 6.07 Å². The zero-order chi connectivity index (χ0) is 20.8. The molecular weight excluding hydrogens is 390 g/mol. The molecule has 0 spiro atoms. The summed E-state index contributed by atoms with van der Waals surface area (Å²) in [6, 6.07) is 15.8. The number of aliphatic hydroxyl groups is 1. The number of likely N-dealkylation sites (tertiary alicyclic amines) is 1. The van der Waals surface area contributed by atoms with Gasteiger partial charge in [-0.15, -0.1) is 0 Å². The average molecular weight is 412 g/mol. The smallest absolute Gasteiger partial charge is 0.227 e. The molecule has 2 aromatic carbocycles. The van der Waals surface area contributed by atoms with E-state index in [1.165, 1.54) is 0 Å². The Hall–Kier alpha value is -2.88. The molecule has 29 heavy (non-hydrogen) atoms. The fourth-order valence-corrected chi connectivity index (χ4v) is 3.58. The molecule has 0 bridgehead atoms. The van der Waals surface area contributed by atoms with Gasteiger partial charge in [0.15, 0.2) is 0 Å². The number of nitriles is 1. The first-order valence-electron chi connectivity index (χ1n) is 9.42. The van der Waals surface area contributed by atoms with Crippen molar-refractivity contribution < 1.29 is 14.7 Å². The Morgan fingerprint density at radius 2 is 1.79 bits per heavy atom. The molecule has 1 aliphatic rings. The van der Waals surface area contributed by atoms with Crippen molar-refractivity contribution in [1.29, 1.82) is 5.26 Å². The van der Waals surface area contributed by atoms with Gasteiger partial charge in [0.05, 0.1) is 24.2 Å². The number of carbonyl (C=O) groups excluding carboxylic acids is 2. The van der Waals surface area contributed by atoms with Gasteiger partial charge >= 0.3 is 0 Å². The monoisotopic (exact) mass is 411 g/mol. The van der Waals surface area contributed by atoms with Crippen LogP contribution in [0.1, 0.15) is 29.5 Å². The molecule has 0 radical (unpaired) electrons. The van der Waals surface area contributed by atoms with E-state index in [0.717, 1.165) is 11.1 Å². The number of rotatable bonds is 6. The predicted octanol–water partition coefficient (Wildman–Crippen LogP) is 2.42. The fourth-order valence-electron chi connectivity index (χ4n) is 3.45. The molecule has 2 atom stereocenters. The first-order chi connectivity index (χ1) is 13.9. The van der Waals surface area contributed by atoms with Crippen LogP contribution in [0.2, 0.25) is 5.02 Å². The van der Waals surface area contributed by atoms with Gasteiger partial charge in [0, 0.05) is 30.6 Å². The summed E-state index contributed by atoms with van der Waals surface area (Å²) in [7, 11) is 0. The Morgan fingerprint density at radius 3 is 2.45 bits per heavy atom. The van der Waals surface area contributed by atoms with Crippen LogP contribution in [0.15, 0.2) is 48.5 Å². The normalized spacial score (nSPS) is 18.3. The molecule has 1 fully saturated rings. The average Bonchev–Trinajstić information content (AvgIpc) is 3.08. The second kappa shape index (κ2) is 9.55. The SMILES string of the molecule is N#Cc1ccc(CC(=O)N2C[C@H](O)C[C@H]2CC(=O)NCc2ccc(Cl)cc2)cc1. The molecular formula is C22H22ClN3O3. The van der Waals surface area contributed by atoms with E-state index in [1.54, 1.807) is 41.3 Å². The van der Waals surface area contributed by atoms with Gasteiger partial charge in [0.1, 0.15) is 0 Å². The lowest BCUT2D eigenvalue weighted by Gasteiger charge is -2.24. The van der Waals surface area contributed by atoms with Gasteiger partial charge in [0.25, 0.3) is 0 Å². The van der Waals surface area contributed by atoms with E-state index < -0.39 is 6.10 Å². The van der Waals surface area contributed by atoms with Crippen molar-refractivity contribution >= 4 is 23.4 Å². The van der Waals surface area contributed by atoms with Crippen molar-refractivity contribution in [1.82, 2.24) is 10.2 Å². The summed E-state index contributed by atoms with van der Waals surface area (Å²) in [6.45, 7) is 0.606. The topological polar surface area (TPSA) is 93.4 Å². The lowest BCUT2D eigenvalue weighted by Crippen LogP contribution is -2.40. The van der Waals surface area contributed by atoms with Crippen molar-refractivity contribution in [2.45, 2.75) is 38.0 Å². The molecule has 1 aliphatic heterocycles. The molecule has 0 aliphatic carbocycles. The summed E-state index contributed by atoms with van der Waals surface area (Å²) >= 11 is 5.86. The van der Waals surface area contributed by atoms with Crippen LogP contribution in [0, 0.1) is 11.3 Å². The Labute approximate surface area is 174 Å². The van der Waals surface area contributed by atoms with Crippen molar-refractivity contribution in [2.75, 3.05) is 6.54 Å². The first-order valence-corrected chi connectivity index (χ1v) is 9.80. The molecule has 6 nitrogen and oxygen atoms in total. The summed E-state index contributed by atoms with van der Waals surface area (Å²) in [6.07, 6.45) is 0.0624. The number of hydrogen-bond donors (Lipinski definition) is 2. The maximum atomic E-state index is 12.7. The van der Waals surface area contributed by atoms with Gasteiger partial charge in [-0.1, -0.05) is 35.9 Å². The number of nitrogens with zero attached hydrogens (tertiary/aromatic N) is 2. The Kier molecular flexibility index (Phi) is 6.86. The molecule has 2 N–H and O–H groups in total. The minimum atomic E-state index is -0.631. The number of hydrogen-bond acceptors (Lipinski definition) is 4. The number of carbonyl (C=O) groups is 2. The van der Waals surface area contributed by atoms with Crippen molar-refractivity contribution in [2.24, 2.45) is 0 Å². The first kappa shape index (κ1) is 20.8. The summed E-state index contributed by atoms with van der Waals surface area (Å²) in [5.74, 6) is -0.308. The molecule has 2 aromatic rings. The largest absolute Gasteiger partial charge is 0.391 e. The van der Waals surface area contributed by atoms with Crippen LogP contribution in [0.5, 0.6) is 0 Å². The van der Waals surface area contributed by atoms with E-state index in [1.807, 2.05) is 18.2 Å². The highest BCUT2D eigenvalue weighted by Crippen LogP contribution is 2.22. The highest BCUT2D eigenvalue weighted by Gasteiger charge is 2.35. The molecule has 2 amide bonds. The molecule has 150 valence electrons. The van der Waals surface area contributed by atoms with E-state index in [2.05, 4.69) is 5.32 Å². The summed E-state index contributed by atoms with van der Waals surface area (Å²) in [4.78, 5) is 26.7. The van der Waals surface area contributed by atoms with E-state index in [9.17, 15) is 14.7 Å².